The molecule has 6 nitrogen and oxygen atoms in total. The highest BCUT2D eigenvalue weighted by Gasteiger charge is 2.18. The van der Waals surface area contributed by atoms with Gasteiger partial charge in [0, 0.05) is 6.20 Å². The van der Waals surface area contributed by atoms with E-state index in [0.29, 0.717) is 15.9 Å². The summed E-state index contributed by atoms with van der Waals surface area (Å²) in [5.41, 5.74) is 5.92. The first-order chi connectivity index (χ1) is 9.02. The van der Waals surface area contributed by atoms with Gasteiger partial charge in [-0.2, -0.15) is 5.10 Å². The van der Waals surface area contributed by atoms with Gasteiger partial charge in [-0.05, 0) is 13.0 Å². The lowest BCUT2D eigenvalue weighted by Crippen LogP contribution is -2.08. The van der Waals surface area contributed by atoms with Crippen molar-refractivity contribution in [1.29, 1.82) is 0 Å². The number of anilines is 1. The van der Waals surface area contributed by atoms with E-state index in [0.717, 1.165) is 0 Å². The van der Waals surface area contributed by atoms with Gasteiger partial charge >= 0.3 is 5.97 Å². The third-order valence-corrected chi connectivity index (χ3v) is 2.70. The lowest BCUT2D eigenvalue weighted by atomic mass is 10.4. The summed E-state index contributed by atoms with van der Waals surface area (Å²) in [5, 5.41) is 4.72. The first kappa shape index (κ1) is 13.6. The number of halogens is 2. The smallest absolute Gasteiger partial charge is 0.361 e. The number of esters is 1. The third-order valence-electron chi connectivity index (χ3n) is 2.22. The van der Waals surface area contributed by atoms with Gasteiger partial charge in [0.25, 0.3) is 0 Å². The van der Waals surface area contributed by atoms with E-state index in [-0.39, 0.29) is 18.0 Å². The van der Waals surface area contributed by atoms with Crippen LogP contribution in [-0.4, -0.2) is 27.3 Å². The SMILES string of the molecule is CCOC(=O)c1nn(-c2ncc(Cl)cc2Cl)cc1N. The average Bonchev–Trinajstić information content (AvgIpc) is 2.71. The molecule has 0 radical (unpaired) electrons. The molecule has 2 aromatic heterocycles. The quantitative estimate of drug-likeness (QED) is 0.880. The van der Waals surface area contributed by atoms with Crippen molar-refractivity contribution in [3.8, 4) is 5.82 Å². The van der Waals surface area contributed by atoms with Crippen LogP contribution < -0.4 is 5.73 Å². The number of nitrogens with zero attached hydrogens (tertiary/aromatic N) is 3. The Morgan fingerprint density at radius 1 is 1.53 bits per heavy atom. The molecule has 8 heteroatoms. The number of ether oxygens (including phenoxy) is 1. The molecule has 0 saturated carbocycles. The zero-order valence-electron chi connectivity index (χ0n) is 9.93. The third kappa shape index (κ3) is 2.80. The monoisotopic (exact) mass is 300 g/mol. The van der Waals surface area contributed by atoms with Gasteiger partial charge in [-0.1, -0.05) is 23.2 Å². The molecule has 0 aliphatic heterocycles. The zero-order chi connectivity index (χ0) is 14.0. The molecule has 0 spiro atoms. The van der Waals surface area contributed by atoms with Gasteiger partial charge in [0.2, 0.25) is 0 Å². The summed E-state index contributed by atoms with van der Waals surface area (Å²) in [4.78, 5) is 15.6. The van der Waals surface area contributed by atoms with Gasteiger partial charge in [0.05, 0.1) is 28.5 Å². The number of pyridine rings is 1. The van der Waals surface area contributed by atoms with Crippen LogP contribution in [0.3, 0.4) is 0 Å². The molecular weight excluding hydrogens is 291 g/mol. The van der Waals surface area contributed by atoms with Gasteiger partial charge in [0.15, 0.2) is 11.5 Å². The van der Waals surface area contributed by atoms with E-state index >= 15 is 0 Å². The van der Waals surface area contributed by atoms with Crippen molar-refractivity contribution in [3.05, 3.63) is 34.2 Å². The van der Waals surface area contributed by atoms with Crippen molar-refractivity contribution in [2.24, 2.45) is 0 Å². The maximum Gasteiger partial charge on any atom is 0.361 e. The van der Waals surface area contributed by atoms with E-state index in [1.165, 1.54) is 23.1 Å². The van der Waals surface area contributed by atoms with Crippen LogP contribution in [0.4, 0.5) is 5.69 Å². The molecule has 0 fully saturated rings. The molecule has 19 heavy (non-hydrogen) atoms. The van der Waals surface area contributed by atoms with E-state index in [1.54, 1.807) is 6.92 Å². The van der Waals surface area contributed by atoms with E-state index in [4.69, 9.17) is 33.7 Å². The highest BCUT2D eigenvalue weighted by molar-refractivity contribution is 6.35. The molecule has 0 aliphatic rings. The van der Waals surface area contributed by atoms with Crippen LogP contribution in [0.2, 0.25) is 10.0 Å². The maximum absolute atomic E-state index is 11.6. The van der Waals surface area contributed by atoms with Crippen molar-refractivity contribution < 1.29 is 9.53 Å². The number of aromatic nitrogens is 3. The Morgan fingerprint density at radius 2 is 2.26 bits per heavy atom. The fraction of sp³-hybridized carbons (Fsp3) is 0.182. The molecule has 2 rings (SSSR count). The molecule has 0 unspecified atom stereocenters. The first-order valence-corrected chi connectivity index (χ1v) is 6.12. The average molecular weight is 301 g/mol. The maximum atomic E-state index is 11.6. The summed E-state index contributed by atoms with van der Waals surface area (Å²) in [7, 11) is 0. The highest BCUT2D eigenvalue weighted by Crippen LogP contribution is 2.23. The molecule has 0 aliphatic carbocycles. The van der Waals surface area contributed by atoms with Gasteiger partial charge in [0.1, 0.15) is 0 Å². The molecule has 0 saturated heterocycles. The first-order valence-electron chi connectivity index (χ1n) is 5.36. The normalized spacial score (nSPS) is 10.5. The zero-order valence-corrected chi connectivity index (χ0v) is 11.4. The highest BCUT2D eigenvalue weighted by atomic mass is 35.5. The van der Waals surface area contributed by atoms with E-state index < -0.39 is 5.97 Å². The van der Waals surface area contributed by atoms with Gasteiger partial charge in [-0.3, -0.25) is 0 Å². The van der Waals surface area contributed by atoms with Crippen LogP contribution in [0.25, 0.3) is 5.82 Å². The molecule has 0 atom stereocenters. The minimum absolute atomic E-state index is 0.0228. The minimum Gasteiger partial charge on any atom is -0.461 e. The molecule has 0 amide bonds. The standard InChI is InChI=1S/C11H10Cl2N4O2/c1-2-19-11(18)9-8(14)5-17(16-9)10-7(13)3-6(12)4-15-10/h3-5H,2,14H2,1H3. The summed E-state index contributed by atoms with van der Waals surface area (Å²) >= 11 is 11.8. The summed E-state index contributed by atoms with van der Waals surface area (Å²) in [5.74, 6) is -0.267. The Hall–Kier alpha value is -1.79. The molecule has 2 aromatic rings. The van der Waals surface area contributed by atoms with E-state index in [2.05, 4.69) is 10.1 Å². The van der Waals surface area contributed by atoms with Crippen LogP contribution in [0.5, 0.6) is 0 Å². The van der Waals surface area contributed by atoms with Crippen molar-refractivity contribution >= 4 is 34.9 Å². The number of hydrogen-bond acceptors (Lipinski definition) is 5. The number of nitrogen functional groups attached to an aromatic ring is 1. The summed E-state index contributed by atoms with van der Waals surface area (Å²) < 4.78 is 6.14. The largest absolute Gasteiger partial charge is 0.461 e. The lowest BCUT2D eigenvalue weighted by Gasteiger charge is -2.02. The number of carbonyl (C=O) groups excluding carboxylic acids is 1. The Bertz CT molecular complexity index is 627. The Kier molecular flexibility index (Phi) is 3.92. The minimum atomic E-state index is -0.594. The molecule has 0 bridgehead atoms. The van der Waals surface area contributed by atoms with Gasteiger partial charge in [-0.15, -0.1) is 0 Å². The second-order valence-electron chi connectivity index (χ2n) is 3.56. The Labute approximate surface area is 119 Å². The number of hydrogen-bond donors (Lipinski definition) is 1. The van der Waals surface area contributed by atoms with Crippen LogP contribution in [0, 0.1) is 0 Å². The fourth-order valence-corrected chi connectivity index (χ4v) is 1.90. The van der Waals surface area contributed by atoms with Gasteiger partial charge < -0.3 is 10.5 Å². The Balaban J connectivity index is 2.42. The lowest BCUT2D eigenvalue weighted by molar-refractivity contribution is 0.0520. The molecule has 2 N–H and O–H groups in total. The van der Waals surface area contributed by atoms with Crippen molar-refractivity contribution in [2.75, 3.05) is 12.3 Å². The molecule has 2 heterocycles. The van der Waals surface area contributed by atoms with Crippen LogP contribution in [0.15, 0.2) is 18.5 Å². The summed E-state index contributed by atoms with van der Waals surface area (Å²) in [6.45, 7) is 1.94. The predicted octanol–water partition coefficient (Wildman–Crippen LogP) is 2.33. The number of nitrogens with two attached hydrogens (primary N) is 1. The Morgan fingerprint density at radius 3 is 2.89 bits per heavy atom. The second-order valence-corrected chi connectivity index (χ2v) is 4.40. The van der Waals surface area contributed by atoms with E-state index in [9.17, 15) is 4.79 Å². The topological polar surface area (TPSA) is 83.0 Å². The van der Waals surface area contributed by atoms with Crippen molar-refractivity contribution in [2.45, 2.75) is 6.92 Å². The van der Waals surface area contributed by atoms with E-state index in [1.807, 2.05) is 0 Å². The summed E-state index contributed by atoms with van der Waals surface area (Å²) in [6.07, 6.45) is 2.86. The molecule has 0 aromatic carbocycles. The second kappa shape index (κ2) is 5.46. The summed E-state index contributed by atoms with van der Waals surface area (Å²) in [6, 6.07) is 1.52. The number of rotatable bonds is 3. The van der Waals surface area contributed by atoms with Crippen molar-refractivity contribution in [1.82, 2.24) is 14.8 Å². The fourth-order valence-electron chi connectivity index (χ4n) is 1.43. The van der Waals surface area contributed by atoms with Crippen LogP contribution in [-0.2, 0) is 4.74 Å². The van der Waals surface area contributed by atoms with Crippen LogP contribution >= 0.6 is 23.2 Å². The molecule has 100 valence electrons. The van der Waals surface area contributed by atoms with Crippen molar-refractivity contribution in [3.63, 3.8) is 0 Å². The van der Waals surface area contributed by atoms with Gasteiger partial charge in [-0.25, -0.2) is 14.5 Å². The predicted molar refractivity (Wildman–Crippen MR) is 71.7 cm³/mol. The molecular formula is C11H10Cl2N4O2. The number of carbonyl (C=O) groups is 1. The van der Waals surface area contributed by atoms with Crippen LogP contribution in [0.1, 0.15) is 17.4 Å².